The van der Waals surface area contributed by atoms with Crippen LogP contribution in [0.15, 0.2) is 24.3 Å². The van der Waals surface area contributed by atoms with Crippen LogP contribution < -0.4 is 11.1 Å². The molecule has 0 spiro atoms. The van der Waals surface area contributed by atoms with E-state index >= 15 is 0 Å². The molecule has 19 heavy (non-hydrogen) atoms. The quantitative estimate of drug-likeness (QED) is 0.891. The Morgan fingerprint density at radius 1 is 1.37 bits per heavy atom. The Morgan fingerprint density at radius 2 is 2.11 bits per heavy atom. The summed E-state index contributed by atoms with van der Waals surface area (Å²) in [5.74, 6) is 0. The van der Waals surface area contributed by atoms with Crippen molar-refractivity contribution >= 4 is 23.4 Å². The number of benzene rings is 1. The van der Waals surface area contributed by atoms with Crippen molar-refractivity contribution in [3.05, 3.63) is 29.3 Å². The lowest BCUT2D eigenvalue weighted by atomic mass is 9.83. The first kappa shape index (κ1) is 14.2. The summed E-state index contributed by atoms with van der Waals surface area (Å²) in [5.41, 5.74) is 6.46. The van der Waals surface area contributed by atoms with E-state index in [0.717, 1.165) is 25.7 Å². The van der Waals surface area contributed by atoms with Gasteiger partial charge in [0.25, 0.3) is 0 Å². The average molecular weight is 283 g/mol. The fraction of sp³-hybridized carbons (Fsp3) is 0.500. The highest BCUT2D eigenvalue weighted by Gasteiger charge is 2.28. The van der Waals surface area contributed by atoms with Crippen molar-refractivity contribution in [1.82, 2.24) is 0 Å². The number of hydrogen-bond acceptors (Lipinski definition) is 3. The molecule has 1 aromatic carbocycles. The summed E-state index contributed by atoms with van der Waals surface area (Å²) in [6.45, 7) is 0.263. The third-order valence-electron chi connectivity index (χ3n) is 3.41. The Hall–Kier alpha value is -1.26. The number of rotatable bonds is 3. The molecule has 1 aliphatic rings. The number of amides is 1. The molecule has 0 bridgehead atoms. The van der Waals surface area contributed by atoms with Crippen LogP contribution in [0.25, 0.3) is 0 Å². The minimum atomic E-state index is -0.488. The first-order valence-corrected chi connectivity index (χ1v) is 6.93. The molecule has 2 rings (SSSR count). The molecule has 0 unspecified atom stereocenters. The fourth-order valence-electron chi connectivity index (χ4n) is 2.33. The van der Waals surface area contributed by atoms with Crippen molar-refractivity contribution in [1.29, 1.82) is 0 Å². The van der Waals surface area contributed by atoms with Crippen LogP contribution in [0.5, 0.6) is 0 Å². The monoisotopic (exact) mass is 282 g/mol. The highest BCUT2D eigenvalue weighted by Crippen LogP contribution is 2.26. The molecular weight excluding hydrogens is 264 g/mol. The summed E-state index contributed by atoms with van der Waals surface area (Å²) < 4.78 is 5.21. The van der Waals surface area contributed by atoms with Crippen LogP contribution in [0.4, 0.5) is 10.5 Å². The van der Waals surface area contributed by atoms with Crippen molar-refractivity contribution in [2.24, 2.45) is 5.73 Å². The average Bonchev–Trinajstić information content (AvgIpc) is 2.38. The van der Waals surface area contributed by atoms with Crippen molar-refractivity contribution in [2.75, 3.05) is 11.9 Å². The topological polar surface area (TPSA) is 64.3 Å². The number of ether oxygens (including phenoxy) is 1. The molecule has 1 aromatic rings. The molecule has 1 amide bonds. The molecule has 104 valence electrons. The molecule has 0 aromatic heterocycles. The second-order valence-corrected chi connectivity index (χ2v) is 5.57. The van der Waals surface area contributed by atoms with Crippen molar-refractivity contribution in [3.8, 4) is 0 Å². The van der Waals surface area contributed by atoms with Crippen LogP contribution in [-0.2, 0) is 4.74 Å². The molecule has 0 atom stereocenters. The van der Waals surface area contributed by atoms with Gasteiger partial charge in [-0.15, -0.1) is 0 Å². The van der Waals surface area contributed by atoms with Gasteiger partial charge in [0.1, 0.15) is 6.61 Å². The van der Waals surface area contributed by atoms with Gasteiger partial charge >= 0.3 is 6.09 Å². The third-order valence-corrected chi connectivity index (χ3v) is 3.65. The molecule has 0 saturated heterocycles. The zero-order valence-electron chi connectivity index (χ0n) is 10.8. The summed E-state index contributed by atoms with van der Waals surface area (Å²) in [6.07, 6.45) is 4.77. The zero-order chi connectivity index (χ0) is 13.7. The molecule has 5 heteroatoms. The van der Waals surface area contributed by atoms with Gasteiger partial charge in [-0.05, 0) is 31.0 Å². The van der Waals surface area contributed by atoms with Gasteiger partial charge < -0.3 is 10.5 Å². The van der Waals surface area contributed by atoms with Gasteiger partial charge in [0.15, 0.2) is 0 Å². The maximum absolute atomic E-state index is 11.7. The Balaban J connectivity index is 1.81. The van der Waals surface area contributed by atoms with Gasteiger partial charge in [0.05, 0.1) is 5.54 Å². The Morgan fingerprint density at radius 3 is 2.79 bits per heavy atom. The van der Waals surface area contributed by atoms with Gasteiger partial charge in [-0.3, -0.25) is 5.32 Å². The highest BCUT2D eigenvalue weighted by atomic mass is 35.5. The van der Waals surface area contributed by atoms with Gasteiger partial charge in [-0.1, -0.05) is 36.9 Å². The highest BCUT2D eigenvalue weighted by molar-refractivity contribution is 6.30. The molecule has 3 N–H and O–H groups in total. The summed E-state index contributed by atoms with van der Waals surface area (Å²) in [5, 5.41) is 3.21. The van der Waals surface area contributed by atoms with Gasteiger partial charge in [-0.2, -0.15) is 0 Å². The number of anilines is 1. The van der Waals surface area contributed by atoms with Crippen LogP contribution >= 0.6 is 11.6 Å². The molecule has 1 saturated carbocycles. The second-order valence-electron chi connectivity index (χ2n) is 5.13. The summed E-state index contributed by atoms with van der Waals surface area (Å²) >= 11 is 5.84. The number of hydrogen-bond donors (Lipinski definition) is 2. The largest absolute Gasteiger partial charge is 0.447 e. The predicted octanol–water partition coefficient (Wildman–Crippen LogP) is 3.55. The summed E-state index contributed by atoms with van der Waals surface area (Å²) in [4.78, 5) is 11.7. The Kier molecular flexibility index (Phi) is 4.66. The van der Waals surface area contributed by atoms with Crippen LogP contribution in [0.1, 0.15) is 32.1 Å². The van der Waals surface area contributed by atoms with Crippen molar-refractivity contribution in [2.45, 2.75) is 37.6 Å². The fourth-order valence-corrected chi connectivity index (χ4v) is 2.52. The number of halogens is 1. The maximum atomic E-state index is 11.7. The van der Waals surface area contributed by atoms with E-state index in [2.05, 4.69) is 5.32 Å². The van der Waals surface area contributed by atoms with Gasteiger partial charge in [-0.25, -0.2) is 4.79 Å². The van der Waals surface area contributed by atoms with Crippen LogP contribution in [0, 0.1) is 0 Å². The molecule has 4 nitrogen and oxygen atoms in total. The number of carbonyl (C=O) groups is 1. The van der Waals surface area contributed by atoms with Gasteiger partial charge in [0, 0.05) is 10.7 Å². The van der Waals surface area contributed by atoms with Crippen molar-refractivity contribution < 1.29 is 9.53 Å². The van der Waals surface area contributed by atoms with E-state index in [-0.39, 0.29) is 12.1 Å². The molecule has 1 aliphatic carbocycles. The minimum absolute atomic E-state index is 0.263. The lowest BCUT2D eigenvalue weighted by molar-refractivity contribution is 0.112. The lowest BCUT2D eigenvalue weighted by Gasteiger charge is -2.32. The van der Waals surface area contributed by atoms with Crippen LogP contribution in [-0.4, -0.2) is 18.2 Å². The second kappa shape index (κ2) is 6.26. The SMILES string of the molecule is NC1(COC(=O)Nc2cccc(Cl)c2)CCCCC1. The lowest BCUT2D eigenvalue weighted by Crippen LogP contribution is -2.46. The molecule has 1 fully saturated rings. The van der Waals surface area contributed by atoms with Crippen LogP contribution in [0.2, 0.25) is 5.02 Å². The van der Waals surface area contributed by atoms with Crippen LogP contribution in [0.3, 0.4) is 0 Å². The van der Waals surface area contributed by atoms with E-state index in [0.29, 0.717) is 10.7 Å². The summed E-state index contributed by atoms with van der Waals surface area (Å²) in [7, 11) is 0. The number of nitrogens with two attached hydrogens (primary N) is 1. The first-order chi connectivity index (χ1) is 9.07. The zero-order valence-corrected chi connectivity index (χ0v) is 11.6. The van der Waals surface area contributed by atoms with E-state index in [9.17, 15) is 4.79 Å². The summed E-state index contributed by atoms with van der Waals surface area (Å²) in [6, 6.07) is 6.94. The van der Waals surface area contributed by atoms with E-state index in [1.165, 1.54) is 6.42 Å². The number of carbonyl (C=O) groups excluding carboxylic acids is 1. The van der Waals surface area contributed by atoms with Crippen molar-refractivity contribution in [3.63, 3.8) is 0 Å². The molecule has 0 aliphatic heterocycles. The standard InChI is InChI=1S/C14H19ClN2O2/c15-11-5-4-6-12(9-11)17-13(18)19-10-14(16)7-2-1-3-8-14/h4-6,9H,1-3,7-8,10,16H2,(H,17,18). The molecule has 0 radical (unpaired) electrons. The predicted molar refractivity (Wildman–Crippen MR) is 76.4 cm³/mol. The smallest absolute Gasteiger partial charge is 0.411 e. The first-order valence-electron chi connectivity index (χ1n) is 6.56. The Bertz CT molecular complexity index is 445. The normalized spacial score (nSPS) is 17.8. The maximum Gasteiger partial charge on any atom is 0.411 e. The van der Waals surface area contributed by atoms with E-state index in [4.69, 9.17) is 22.1 Å². The minimum Gasteiger partial charge on any atom is -0.447 e. The van der Waals surface area contributed by atoms with E-state index in [1.54, 1.807) is 24.3 Å². The molecule has 0 heterocycles. The molecular formula is C14H19ClN2O2. The van der Waals surface area contributed by atoms with Gasteiger partial charge in [0.2, 0.25) is 0 Å². The third kappa shape index (κ3) is 4.40. The number of nitrogens with one attached hydrogen (secondary N) is 1. The van der Waals surface area contributed by atoms with E-state index in [1.807, 2.05) is 0 Å². The van der Waals surface area contributed by atoms with E-state index < -0.39 is 6.09 Å². The Labute approximate surface area is 118 Å².